The Hall–Kier alpha value is -3.35. The molecule has 3 rings (SSSR count). The van der Waals surface area contributed by atoms with E-state index in [4.69, 9.17) is 9.15 Å². The third-order valence-electron chi connectivity index (χ3n) is 4.28. The number of furan rings is 1. The molecule has 1 aromatic carbocycles. The van der Waals surface area contributed by atoms with Gasteiger partial charge >= 0.3 is 5.97 Å². The number of hydrogen-bond acceptors (Lipinski definition) is 5. The van der Waals surface area contributed by atoms with Crippen LogP contribution in [-0.2, 0) is 4.79 Å². The summed E-state index contributed by atoms with van der Waals surface area (Å²) in [6, 6.07) is 7.35. The highest BCUT2D eigenvalue weighted by Crippen LogP contribution is 2.30. The fourth-order valence-electron chi connectivity index (χ4n) is 2.88. The van der Waals surface area contributed by atoms with E-state index in [-0.39, 0.29) is 5.76 Å². The largest absolute Gasteiger partial charge is 0.497 e. The van der Waals surface area contributed by atoms with Gasteiger partial charge in [-0.2, -0.15) is 0 Å². The molecular weight excluding hydrogens is 336 g/mol. The van der Waals surface area contributed by atoms with Crippen molar-refractivity contribution in [3.8, 4) is 5.75 Å². The van der Waals surface area contributed by atoms with E-state index in [1.165, 1.54) is 13.2 Å². The molecule has 2 aromatic heterocycles. The number of carboxylic acids is 1. The Morgan fingerprint density at radius 1 is 1.31 bits per heavy atom. The van der Waals surface area contributed by atoms with Gasteiger partial charge in [0.2, 0.25) is 0 Å². The number of amides is 1. The van der Waals surface area contributed by atoms with Crippen molar-refractivity contribution in [1.29, 1.82) is 0 Å². The third kappa shape index (κ3) is 2.99. The average molecular weight is 354 g/mol. The fraction of sp³-hybridized carbons (Fsp3) is 0.211. The van der Waals surface area contributed by atoms with Crippen LogP contribution in [0.1, 0.15) is 27.7 Å². The van der Waals surface area contributed by atoms with Gasteiger partial charge in [-0.3, -0.25) is 9.78 Å². The molecule has 1 atom stereocenters. The van der Waals surface area contributed by atoms with Crippen LogP contribution in [0, 0.1) is 6.92 Å². The molecule has 0 fully saturated rings. The summed E-state index contributed by atoms with van der Waals surface area (Å²) >= 11 is 0. The highest BCUT2D eigenvalue weighted by atomic mass is 16.5. The van der Waals surface area contributed by atoms with Crippen LogP contribution >= 0.6 is 0 Å². The number of methoxy groups -OCH3 is 1. The molecule has 1 N–H and O–H groups in total. The first-order valence-corrected chi connectivity index (χ1v) is 7.91. The second-order valence-corrected chi connectivity index (χ2v) is 5.86. The lowest BCUT2D eigenvalue weighted by Gasteiger charge is -2.24. The number of carbonyl (C=O) groups excluding carboxylic acids is 1. The molecule has 26 heavy (non-hydrogen) atoms. The molecule has 134 valence electrons. The molecule has 0 radical (unpaired) electrons. The number of hydrogen-bond donors (Lipinski definition) is 1. The van der Waals surface area contributed by atoms with Crippen molar-refractivity contribution in [3.05, 3.63) is 59.6 Å². The van der Waals surface area contributed by atoms with E-state index in [0.717, 1.165) is 10.3 Å². The van der Waals surface area contributed by atoms with Crippen LogP contribution in [0.2, 0.25) is 0 Å². The normalized spacial score (nSPS) is 12.0. The zero-order valence-corrected chi connectivity index (χ0v) is 14.6. The zero-order valence-electron chi connectivity index (χ0n) is 14.6. The van der Waals surface area contributed by atoms with Crippen LogP contribution in [-0.4, -0.2) is 41.0 Å². The zero-order chi connectivity index (χ0) is 18.8. The van der Waals surface area contributed by atoms with Crippen LogP contribution in [0.15, 0.2) is 47.1 Å². The first kappa shape index (κ1) is 17.5. The summed E-state index contributed by atoms with van der Waals surface area (Å²) in [5.74, 6) is -0.957. The summed E-state index contributed by atoms with van der Waals surface area (Å²) < 4.78 is 10.9. The summed E-state index contributed by atoms with van der Waals surface area (Å²) in [4.78, 5) is 29.8. The number of aliphatic carboxylic acids is 1. The molecular formula is C19H18N2O5. The van der Waals surface area contributed by atoms with E-state index in [1.54, 1.807) is 50.6 Å². The molecule has 7 heteroatoms. The van der Waals surface area contributed by atoms with E-state index >= 15 is 0 Å². The quantitative estimate of drug-likeness (QED) is 0.757. The number of likely N-dealkylation sites (N-methyl/N-ethyl adjacent to an activating group) is 1. The van der Waals surface area contributed by atoms with Gasteiger partial charge in [0.25, 0.3) is 5.91 Å². The molecule has 0 aliphatic carbocycles. The summed E-state index contributed by atoms with van der Waals surface area (Å²) in [5, 5.41) is 10.4. The number of benzene rings is 1. The summed E-state index contributed by atoms with van der Waals surface area (Å²) in [6.45, 7) is 1.76. The molecule has 0 unspecified atom stereocenters. The van der Waals surface area contributed by atoms with Gasteiger partial charge in [0.1, 0.15) is 11.3 Å². The Kier molecular flexibility index (Phi) is 4.62. The number of ether oxygens (including phenoxy) is 1. The number of nitrogens with zero attached hydrogens (tertiary/aromatic N) is 2. The molecule has 0 bridgehead atoms. The predicted octanol–water partition coefficient (Wildman–Crippen LogP) is 3.04. The Bertz CT molecular complexity index is 965. The van der Waals surface area contributed by atoms with Gasteiger partial charge in [-0.25, -0.2) is 4.79 Å². The van der Waals surface area contributed by atoms with Crippen LogP contribution in [0.4, 0.5) is 0 Å². The lowest BCUT2D eigenvalue weighted by atomic mass is 10.1. The van der Waals surface area contributed by atoms with Gasteiger partial charge in [-0.05, 0) is 25.1 Å². The van der Waals surface area contributed by atoms with Gasteiger partial charge in [0.05, 0.1) is 7.11 Å². The molecule has 0 saturated heterocycles. The molecule has 7 nitrogen and oxygen atoms in total. The minimum absolute atomic E-state index is 0.103. The van der Waals surface area contributed by atoms with Crippen LogP contribution in [0.5, 0.6) is 5.75 Å². The van der Waals surface area contributed by atoms with Crippen molar-refractivity contribution in [1.82, 2.24) is 9.88 Å². The lowest BCUT2D eigenvalue weighted by molar-refractivity contribution is -0.142. The Morgan fingerprint density at radius 3 is 2.69 bits per heavy atom. The molecule has 0 saturated carbocycles. The number of carboxylic acid groups (broad SMARTS) is 1. The lowest BCUT2D eigenvalue weighted by Crippen LogP contribution is -2.36. The fourth-order valence-corrected chi connectivity index (χ4v) is 2.88. The molecule has 2 heterocycles. The maximum atomic E-state index is 12.9. The van der Waals surface area contributed by atoms with Gasteiger partial charge in [0, 0.05) is 42.0 Å². The van der Waals surface area contributed by atoms with Crippen molar-refractivity contribution in [2.24, 2.45) is 0 Å². The van der Waals surface area contributed by atoms with Crippen molar-refractivity contribution in [3.63, 3.8) is 0 Å². The topological polar surface area (TPSA) is 92.9 Å². The highest BCUT2D eigenvalue weighted by Gasteiger charge is 2.32. The van der Waals surface area contributed by atoms with E-state index in [9.17, 15) is 14.7 Å². The number of pyridine rings is 1. The van der Waals surface area contributed by atoms with E-state index in [1.807, 2.05) is 0 Å². The Morgan fingerprint density at radius 2 is 2.08 bits per heavy atom. The second kappa shape index (κ2) is 6.87. The molecule has 1 amide bonds. The first-order chi connectivity index (χ1) is 12.4. The maximum Gasteiger partial charge on any atom is 0.331 e. The van der Waals surface area contributed by atoms with Gasteiger partial charge < -0.3 is 19.2 Å². The summed E-state index contributed by atoms with van der Waals surface area (Å²) in [6.07, 6.45) is 2.97. The van der Waals surface area contributed by atoms with Gasteiger partial charge in [0.15, 0.2) is 11.8 Å². The van der Waals surface area contributed by atoms with Crippen LogP contribution in [0.25, 0.3) is 11.0 Å². The van der Waals surface area contributed by atoms with Gasteiger partial charge in [-0.1, -0.05) is 6.07 Å². The van der Waals surface area contributed by atoms with E-state index < -0.39 is 17.9 Å². The summed E-state index contributed by atoms with van der Waals surface area (Å²) in [7, 11) is 2.98. The average Bonchev–Trinajstić information content (AvgIpc) is 2.97. The van der Waals surface area contributed by atoms with E-state index in [2.05, 4.69) is 4.98 Å². The summed E-state index contributed by atoms with van der Waals surface area (Å²) in [5.41, 5.74) is 1.56. The number of aromatic nitrogens is 1. The number of carbonyl (C=O) groups is 2. The number of fused-ring (bicyclic) bond motifs is 1. The van der Waals surface area contributed by atoms with Crippen LogP contribution < -0.4 is 4.74 Å². The standard InChI is InChI=1S/C19H18N2O5/c1-11-14-7-6-13(25-3)9-15(14)26-17(11)18(22)21(2)16(19(23)24)12-5-4-8-20-10-12/h4-10,16H,1-3H3,(H,23,24)/t16-/m1/s1. The van der Waals surface area contributed by atoms with Crippen molar-refractivity contribution in [2.45, 2.75) is 13.0 Å². The van der Waals surface area contributed by atoms with Crippen LogP contribution in [0.3, 0.4) is 0 Å². The molecule has 0 aliphatic rings. The monoisotopic (exact) mass is 354 g/mol. The predicted molar refractivity (Wildman–Crippen MR) is 94.2 cm³/mol. The van der Waals surface area contributed by atoms with Crippen molar-refractivity contribution >= 4 is 22.8 Å². The van der Waals surface area contributed by atoms with Crippen molar-refractivity contribution < 1.29 is 23.8 Å². The van der Waals surface area contributed by atoms with Gasteiger partial charge in [-0.15, -0.1) is 0 Å². The smallest absolute Gasteiger partial charge is 0.331 e. The number of aryl methyl sites for hydroxylation is 1. The highest BCUT2D eigenvalue weighted by molar-refractivity contribution is 6.00. The first-order valence-electron chi connectivity index (χ1n) is 7.91. The third-order valence-corrected chi connectivity index (χ3v) is 4.28. The SMILES string of the molecule is COc1ccc2c(C)c(C(=O)N(C)[C@@H](C(=O)O)c3cccnc3)oc2c1. The molecule has 0 aliphatic heterocycles. The maximum absolute atomic E-state index is 12.9. The Labute approximate surface area is 149 Å². The number of rotatable bonds is 5. The van der Waals surface area contributed by atoms with Crippen molar-refractivity contribution in [2.75, 3.05) is 14.2 Å². The molecule has 0 spiro atoms. The second-order valence-electron chi connectivity index (χ2n) is 5.86. The Balaban J connectivity index is 2.01. The minimum atomic E-state index is -1.17. The minimum Gasteiger partial charge on any atom is -0.497 e. The van der Waals surface area contributed by atoms with E-state index in [0.29, 0.717) is 22.5 Å². The molecule has 3 aromatic rings.